The third kappa shape index (κ3) is 1.06. The van der Waals surface area contributed by atoms with Crippen molar-refractivity contribution in [1.29, 1.82) is 0 Å². The highest BCUT2D eigenvalue weighted by Gasteiger charge is 2.08. The molecule has 1 aromatic rings. The number of carboxylic acid groups (broad SMARTS) is 1. The van der Waals surface area contributed by atoms with Crippen LogP contribution in [0.4, 0.5) is 6.01 Å². The van der Waals surface area contributed by atoms with Crippen molar-refractivity contribution in [1.82, 2.24) is 4.98 Å². The highest BCUT2D eigenvalue weighted by atomic mass is 16.4. The summed E-state index contributed by atoms with van der Waals surface area (Å²) in [5, 5.41) is 8.30. The number of aromatic nitrogens is 1. The van der Waals surface area contributed by atoms with Gasteiger partial charge in [-0.05, 0) is 0 Å². The molecule has 1 heterocycles. The fraction of sp³-hybridized carbons (Fsp3) is 0. The van der Waals surface area contributed by atoms with E-state index in [1.54, 1.807) is 0 Å². The Morgan fingerprint density at radius 1 is 1.90 bits per heavy atom. The summed E-state index contributed by atoms with van der Waals surface area (Å²) >= 11 is 0. The van der Waals surface area contributed by atoms with Crippen LogP contribution in [0.1, 0.15) is 10.5 Å². The molecule has 0 aromatic carbocycles. The third-order valence-electron chi connectivity index (χ3n) is 0.847. The summed E-state index contributed by atoms with van der Waals surface area (Å²) in [7, 11) is 0. The van der Waals surface area contributed by atoms with E-state index in [-0.39, 0.29) is 11.7 Å². The van der Waals surface area contributed by atoms with E-state index in [1.807, 2.05) is 0 Å². The number of oxazole rings is 1. The average Bonchev–Trinajstić information content (AvgIpc) is 2.34. The number of rotatable bonds is 2. The van der Waals surface area contributed by atoms with E-state index in [9.17, 15) is 4.79 Å². The van der Waals surface area contributed by atoms with Gasteiger partial charge < -0.3 is 9.52 Å². The van der Waals surface area contributed by atoms with Crippen LogP contribution in [0.25, 0.3) is 0 Å². The van der Waals surface area contributed by atoms with E-state index >= 15 is 0 Å². The Morgan fingerprint density at radius 2 is 2.60 bits per heavy atom. The van der Waals surface area contributed by atoms with E-state index in [1.165, 1.54) is 0 Å². The van der Waals surface area contributed by atoms with Crippen LogP contribution in [0.15, 0.2) is 10.7 Å². The molecule has 0 fully saturated rings. The zero-order chi connectivity index (χ0) is 7.56. The quantitative estimate of drug-likeness (QED) is 0.386. The largest absolute Gasteiger partial charge is 0.476 e. The van der Waals surface area contributed by atoms with Crippen LogP contribution in [0.2, 0.25) is 0 Å². The topological polar surface area (TPSA) is 101 Å². The molecule has 0 unspecified atom stereocenters. The highest BCUT2D eigenvalue weighted by Crippen LogP contribution is 2.04. The van der Waals surface area contributed by atoms with Gasteiger partial charge in [0, 0.05) is 0 Å². The fourth-order valence-corrected chi connectivity index (χ4v) is 0.438. The standard InChI is InChI=1S/C4H5N3O3/c5-7-4-6-2(1-10-4)3(8)9/h1H,5H2,(H,6,7)(H,8,9). The van der Waals surface area contributed by atoms with Crippen molar-refractivity contribution in [3.63, 3.8) is 0 Å². The van der Waals surface area contributed by atoms with Gasteiger partial charge in [-0.15, -0.1) is 0 Å². The first-order chi connectivity index (χ1) is 4.74. The lowest BCUT2D eigenvalue weighted by molar-refractivity contribution is 0.0690. The van der Waals surface area contributed by atoms with Crippen LogP contribution in [0, 0.1) is 0 Å². The van der Waals surface area contributed by atoms with Crippen LogP contribution >= 0.6 is 0 Å². The van der Waals surface area contributed by atoms with Crippen molar-refractivity contribution in [3.05, 3.63) is 12.0 Å². The maximum Gasteiger partial charge on any atom is 0.357 e. The number of carbonyl (C=O) groups is 1. The van der Waals surface area contributed by atoms with Crippen LogP contribution < -0.4 is 11.3 Å². The molecule has 54 valence electrons. The molecule has 1 rings (SSSR count). The van der Waals surface area contributed by atoms with E-state index in [0.717, 1.165) is 6.26 Å². The second-order valence-electron chi connectivity index (χ2n) is 1.49. The maximum atomic E-state index is 10.1. The van der Waals surface area contributed by atoms with Gasteiger partial charge in [0.15, 0.2) is 5.69 Å². The van der Waals surface area contributed by atoms with Gasteiger partial charge in [0.05, 0.1) is 0 Å². The minimum Gasteiger partial charge on any atom is -0.476 e. The summed E-state index contributed by atoms with van der Waals surface area (Å²) in [6, 6.07) is -0.0163. The number of nitrogens with one attached hydrogen (secondary N) is 1. The molecule has 6 nitrogen and oxygen atoms in total. The van der Waals surface area contributed by atoms with Gasteiger partial charge in [-0.3, -0.25) is 5.43 Å². The zero-order valence-electron chi connectivity index (χ0n) is 4.87. The minimum absolute atomic E-state index is 0.0163. The van der Waals surface area contributed by atoms with Crippen molar-refractivity contribution in [2.75, 3.05) is 5.43 Å². The van der Waals surface area contributed by atoms with Crippen molar-refractivity contribution in [3.8, 4) is 0 Å². The second-order valence-corrected chi connectivity index (χ2v) is 1.49. The number of hydrogen-bond donors (Lipinski definition) is 3. The molecule has 0 spiro atoms. The number of nitrogens with zero attached hydrogens (tertiary/aromatic N) is 1. The molecule has 0 saturated heterocycles. The van der Waals surface area contributed by atoms with Gasteiger partial charge >= 0.3 is 12.0 Å². The molecule has 0 bridgehead atoms. The van der Waals surface area contributed by atoms with Gasteiger partial charge in [-0.2, -0.15) is 4.98 Å². The Labute approximate surface area is 55.6 Å². The number of nitrogens with two attached hydrogens (primary N) is 1. The van der Waals surface area contributed by atoms with Crippen molar-refractivity contribution < 1.29 is 14.3 Å². The smallest absolute Gasteiger partial charge is 0.357 e. The van der Waals surface area contributed by atoms with Crippen molar-refractivity contribution in [2.24, 2.45) is 5.84 Å². The van der Waals surface area contributed by atoms with Gasteiger partial charge in [0.25, 0.3) is 0 Å². The molecule has 10 heavy (non-hydrogen) atoms. The van der Waals surface area contributed by atoms with Crippen LogP contribution in [-0.4, -0.2) is 16.1 Å². The summed E-state index contributed by atoms with van der Waals surface area (Å²) in [4.78, 5) is 13.6. The minimum atomic E-state index is -1.15. The average molecular weight is 143 g/mol. The Kier molecular flexibility index (Phi) is 1.55. The lowest BCUT2D eigenvalue weighted by Crippen LogP contribution is -2.07. The molecule has 1 aromatic heterocycles. The van der Waals surface area contributed by atoms with Gasteiger partial charge in [0.1, 0.15) is 6.26 Å². The molecular weight excluding hydrogens is 138 g/mol. The van der Waals surface area contributed by atoms with Crippen LogP contribution in [0.3, 0.4) is 0 Å². The Balaban J connectivity index is 2.88. The summed E-state index contributed by atoms with van der Waals surface area (Å²) in [5.74, 6) is 3.72. The van der Waals surface area contributed by atoms with Gasteiger partial charge in [0.2, 0.25) is 0 Å². The number of hydrogen-bond acceptors (Lipinski definition) is 5. The normalized spacial score (nSPS) is 9.30. The fourth-order valence-electron chi connectivity index (χ4n) is 0.438. The lowest BCUT2D eigenvalue weighted by atomic mass is 10.5. The van der Waals surface area contributed by atoms with Gasteiger partial charge in [-0.25, -0.2) is 10.6 Å². The first-order valence-electron chi connectivity index (χ1n) is 2.39. The SMILES string of the molecule is NNc1nc(C(=O)O)co1. The summed E-state index contributed by atoms with van der Waals surface area (Å²) < 4.78 is 4.55. The molecule has 6 heteroatoms. The van der Waals surface area contributed by atoms with Crippen molar-refractivity contribution >= 4 is 12.0 Å². The van der Waals surface area contributed by atoms with Crippen LogP contribution in [-0.2, 0) is 0 Å². The zero-order valence-corrected chi connectivity index (χ0v) is 4.87. The molecule has 0 aliphatic heterocycles. The number of nitrogen functional groups attached to an aromatic ring is 1. The third-order valence-corrected chi connectivity index (χ3v) is 0.847. The van der Waals surface area contributed by atoms with Gasteiger partial charge in [-0.1, -0.05) is 0 Å². The van der Waals surface area contributed by atoms with E-state index in [2.05, 4.69) is 14.8 Å². The molecule has 4 N–H and O–H groups in total. The number of aromatic carboxylic acids is 1. The number of carboxylic acids is 1. The molecule has 0 radical (unpaired) electrons. The highest BCUT2D eigenvalue weighted by molar-refractivity contribution is 5.85. The predicted molar refractivity (Wildman–Crippen MR) is 31.3 cm³/mol. The molecular formula is C4H5N3O3. The first-order valence-corrected chi connectivity index (χ1v) is 2.39. The molecule has 0 amide bonds. The predicted octanol–water partition coefficient (Wildman–Crippen LogP) is -0.342. The van der Waals surface area contributed by atoms with Crippen LogP contribution in [0.5, 0.6) is 0 Å². The summed E-state index contributed by atoms with van der Waals surface area (Å²) in [5.41, 5.74) is 1.89. The van der Waals surface area contributed by atoms with E-state index in [0.29, 0.717) is 0 Å². The first kappa shape index (κ1) is 6.56. The van der Waals surface area contributed by atoms with Crippen molar-refractivity contribution in [2.45, 2.75) is 0 Å². The maximum absolute atomic E-state index is 10.1. The molecule has 0 aliphatic rings. The Morgan fingerprint density at radius 3 is 2.90 bits per heavy atom. The number of anilines is 1. The van der Waals surface area contributed by atoms with E-state index in [4.69, 9.17) is 10.9 Å². The molecule has 0 atom stereocenters. The Hall–Kier alpha value is -1.56. The summed E-state index contributed by atoms with van der Waals surface area (Å²) in [6.45, 7) is 0. The molecule has 0 saturated carbocycles. The number of hydrazine groups is 1. The molecule has 0 aliphatic carbocycles. The Bertz CT molecular complexity index is 244. The monoisotopic (exact) mass is 143 g/mol. The second kappa shape index (κ2) is 2.36. The lowest BCUT2D eigenvalue weighted by Gasteiger charge is -1.84. The van der Waals surface area contributed by atoms with E-state index < -0.39 is 5.97 Å². The summed E-state index contributed by atoms with van der Waals surface area (Å²) in [6.07, 6.45) is 0.998.